The standard InChI is InChI=1S/C12H12ClN3O/c1-7(13)6-15-12(17)10-5-8-3-2-4-9(14)11(8)16-10/h2-5,16H,1,6,14H2,(H,15,17). The number of H-pyrrole nitrogens is 1. The lowest BCUT2D eigenvalue weighted by atomic mass is 10.2. The van der Waals surface area contributed by atoms with Crippen molar-refractivity contribution in [3.8, 4) is 0 Å². The number of amides is 1. The third kappa shape index (κ3) is 2.42. The molecule has 0 radical (unpaired) electrons. The lowest BCUT2D eigenvalue weighted by molar-refractivity contribution is 0.0953. The number of para-hydroxylation sites is 1. The van der Waals surface area contributed by atoms with Crippen LogP contribution in [0.25, 0.3) is 10.9 Å². The smallest absolute Gasteiger partial charge is 0.268 e. The second-order valence-corrected chi connectivity index (χ2v) is 4.23. The van der Waals surface area contributed by atoms with Crippen molar-refractivity contribution < 1.29 is 4.79 Å². The molecule has 0 atom stereocenters. The molecular weight excluding hydrogens is 238 g/mol. The molecule has 1 aromatic heterocycles. The van der Waals surface area contributed by atoms with Gasteiger partial charge in [-0.3, -0.25) is 4.79 Å². The molecule has 0 spiro atoms. The number of aromatic amines is 1. The number of nitrogens with two attached hydrogens (primary N) is 1. The Morgan fingerprint density at radius 1 is 1.53 bits per heavy atom. The summed E-state index contributed by atoms with van der Waals surface area (Å²) in [7, 11) is 0. The lowest BCUT2D eigenvalue weighted by Gasteiger charge is -2.00. The number of carbonyl (C=O) groups excluding carboxylic acids is 1. The predicted molar refractivity (Wildman–Crippen MR) is 70.0 cm³/mol. The summed E-state index contributed by atoms with van der Waals surface area (Å²) in [5, 5.41) is 3.92. The molecule has 0 unspecified atom stereocenters. The summed E-state index contributed by atoms with van der Waals surface area (Å²) >= 11 is 5.57. The van der Waals surface area contributed by atoms with Crippen LogP contribution in [0.4, 0.5) is 5.69 Å². The summed E-state index contributed by atoms with van der Waals surface area (Å²) in [5.41, 5.74) is 7.63. The Kier molecular flexibility index (Phi) is 3.06. The van der Waals surface area contributed by atoms with E-state index in [2.05, 4.69) is 16.9 Å². The molecule has 0 bridgehead atoms. The summed E-state index contributed by atoms with van der Waals surface area (Å²) < 4.78 is 0. The first-order chi connectivity index (χ1) is 8.08. The highest BCUT2D eigenvalue weighted by atomic mass is 35.5. The molecule has 2 rings (SSSR count). The number of rotatable bonds is 3. The zero-order chi connectivity index (χ0) is 12.4. The van der Waals surface area contributed by atoms with Crippen LogP contribution in [0.3, 0.4) is 0 Å². The lowest BCUT2D eigenvalue weighted by Crippen LogP contribution is -2.24. The minimum Gasteiger partial charge on any atom is -0.397 e. The van der Waals surface area contributed by atoms with Gasteiger partial charge in [0.15, 0.2) is 0 Å². The van der Waals surface area contributed by atoms with Crippen molar-refractivity contribution in [2.24, 2.45) is 0 Å². The van der Waals surface area contributed by atoms with Crippen molar-refractivity contribution in [3.63, 3.8) is 0 Å². The van der Waals surface area contributed by atoms with Crippen LogP contribution in [0.2, 0.25) is 0 Å². The van der Waals surface area contributed by atoms with E-state index in [0.29, 0.717) is 16.4 Å². The summed E-state index contributed by atoms with van der Waals surface area (Å²) in [6.45, 7) is 3.74. The largest absolute Gasteiger partial charge is 0.397 e. The monoisotopic (exact) mass is 249 g/mol. The minimum atomic E-state index is -0.234. The van der Waals surface area contributed by atoms with Gasteiger partial charge in [0, 0.05) is 10.4 Å². The van der Waals surface area contributed by atoms with E-state index in [-0.39, 0.29) is 12.5 Å². The van der Waals surface area contributed by atoms with Gasteiger partial charge in [-0.05, 0) is 12.1 Å². The van der Waals surface area contributed by atoms with E-state index in [0.717, 1.165) is 10.9 Å². The predicted octanol–water partition coefficient (Wildman–Crippen LogP) is 2.23. The molecule has 0 saturated heterocycles. The highest BCUT2D eigenvalue weighted by Crippen LogP contribution is 2.20. The maximum Gasteiger partial charge on any atom is 0.268 e. The number of aromatic nitrogens is 1. The summed E-state index contributed by atoms with van der Waals surface area (Å²) in [6, 6.07) is 7.26. The first kappa shape index (κ1) is 11.5. The average molecular weight is 250 g/mol. The van der Waals surface area contributed by atoms with E-state index >= 15 is 0 Å². The molecule has 1 aromatic carbocycles. The van der Waals surface area contributed by atoms with E-state index in [9.17, 15) is 4.79 Å². The third-order valence-electron chi connectivity index (χ3n) is 2.37. The van der Waals surface area contributed by atoms with Crippen LogP contribution >= 0.6 is 11.6 Å². The molecule has 4 nitrogen and oxygen atoms in total. The van der Waals surface area contributed by atoms with Gasteiger partial charge in [-0.15, -0.1) is 0 Å². The van der Waals surface area contributed by atoms with Gasteiger partial charge in [0.25, 0.3) is 5.91 Å². The van der Waals surface area contributed by atoms with E-state index < -0.39 is 0 Å². The van der Waals surface area contributed by atoms with E-state index in [1.54, 1.807) is 12.1 Å². The highest BCUT2D eigenvalue weighted by molar-refractivity contribution is 6.29. The fourth-order valence-corrected chi connectivity index (χ4v) is 1.64. The second-order valence-electron chi connectivity index (χ2n) is 3.69. The summed E-state index contributed by atoms with van der Waals surface area (Å²) in [6.07, 6.45) is 0. The Balaban J connectivity index is 2.27. The van der Waals surface area contributed by atoms with Gasteiger partial charge in [0.2, 0.25) is 0 Å². The van der Waals surface area contributed by atoms with E-state index in [1.165, 1.54) is 0 Å². The van der Waals surface area contributed by atoms with Crippen LogP contribution < -0.4 is 11.1 Å². The minimum absolute atomic E-state index is 0.234. The van der Waals surface area contributed by atoms with Crippen molar-refractivity contribution in [1.29, 1.82) is 0 Å². The van der Waals surface area contributed by atoms with E-state index in [4.69, 9.17) is 17.3 Å². The Bertz CT molecular complexity index is 588. The first-order valence-corrected chi connectivity index (χ1v) is 5.44. The van der Waals surface area contributed by atoms with Crippen LogP contribution in [0.5, 0.6) is 0 Å². The van der Waals surface area contributed by atoms with Gasteiger partial charge in [0.05, 0.1) is 17.7 Å². The maximum absolute atomic E-state index is 11.7. The molecular formula is C12H12ClN3O. The second kappa shape index (κ2) is 4.51. The van der Waals surface area contributed by atoms with Crippen LogP contribution in [0, 0.1) is 0 Å². The van der Waals surface area contributed by atoms with E-state index in [1.807, 2.05) is 12.1 Å². The topological polar surface area (TPSA) is 70.9 Å². The molecule has 1 heterocycles. The molecule has 17 heavy (non-hydrogen) atoms. The maximum atomic E-state index is 11.7. The normalized spacial score (nSPS) is 10.4. The van der Waals surface area contributed by atoms with Crippen LogP contribution in [-0.4, -0.2) is 17.4 Å². The third-order valence-corrected chi connectivity index (χ3v) is 2.51. The Morgan fingerprint density at radius 3 is 2.94 bits per heavy atom. The first-order valence-electron chi connectivity index (χ1n) is 5.06. The zero-order valence-corrected chi connectivity index (χ0v) is 9.84. The zero-order valence-electron chi connectivity index (χ0n) is 9.09. The van der Waals surface area contributed by atoms with Crippen molar-refractivity contribution in [2.75, 3.05) is 12.3 Å². The number of anilines is 1. The number of carbonyl (C=O) groups is 1. The number of nitrogens with one attached hydrogen (secondary N) is 2. The fourth-order valence-electron chi connectivity index (χ4n) is 1.57. The van der Waals surface area contributed by atoms with Gasteiger partial charge < -0.3 is 16.0 Å². The van der Waals surface area contributed by atoms with Crippen LogP contribution in [0.1, 0.15) is 10.5 Å². The van der Waals surface area contributed by atoms with Gasteiger partial charge in [-0.1, -0.05) is 30.3 Å². The van der Waals surface area contributed by atoms with Crippen LogP contribution in [0.15, 0.2) is 35.9 Å². The SMILES string of the molecule is C=C(Cl)CNC(=O)c1cc2cccc(N)c2[nH]1. The van der Waals surface area contributed by atoms with Crippen molar-refractivity contribution in [3.05, 3.63) is 41.6 Å². The van der Waals surface area contributed by atoms with Crippen LogP contribution in [-0.2, 0) is 0 Å². The molecule has 0 saturated carbocycles. The summed E-state index contributed by atoms with van der Waals surface area (Å²) in [4.78, 5) is 14.7. The molecule has 1 amide bonds. The molecule has 88 valence electrons. The molecule has 0 fully saturated rings. The Hall–Kier alpha value is -1.94. The van der Waals surface area contributed by atoms with Gasteiger partial charge >= 0.3 is 0 Å². The Morgan fingerprint density at radius 2 is 2.29 bits per heavy atom. The molecule has 5 heteroatoms. The van der Waals surface area contributed by atoms with Crippen molar-refractivity contribution >= 4 is 34.1 Å². The number of nitrogen functional groups attached to an aromatic ring is 1. The van der Waals surface area contributed by atoms with Crippen molar-refractivity contribution in [1.82, 2.24) is 10.3 Å². The number of fused-ring (bicyclic) bond motifs is 1. The number of benzene rings is 1. The van der Waals surface area contributed by atoms with Gasteiger partial charge in [-0.2, -0.15) is 0 Å². The quantitative estimate of drug-likeness (QED) is 0.730. The molecule has 4 N–H and O–H groups in total. The fraction of sp³-hybridized carbons (Fsp3) is 0.0833. The van der Waals surface area contributed by atoms with Crippen molar-refractivity contribution in [2.45, 2.75) is 0 Å². The van der Waals surface area contributed by atoms with Gasteiger partial charge in [-0.25, -0.2) is 0 Å². The number of hydrogen-bond donors (Lipinski definition) is 3. The molecule has 0 aliphatic carbocycles. The number of halogens is 1. The molecule has 0 aliphatic heterocycles. The highest BCUT2D eigenvalue weighted by Gasteiger charge is 2.10. The number of hydrogen-bond acceptors (Lipinski definition) is 2. The van der Waals surface area contributed by atoms with Gasteiger partial charge in [0.1, 0.15) is 5.69 Å². The average Bonchev–Trinajstić information content (AvgIpc) is 2.71. The molecule has 0 aliphatic rings. The molecule has 2 aromatic rings. The Labute approximate surface area is 103 Å². The summed E-state index contributed by atoms with van der Waals surface area (Å²) in [5.74, 6) is -0.234.